The first-order chi connectivity index (χ1) is 14.4. The van der Waals surface area contributed by atoms with Crippen molar-refractivity contribution in [2.24, 2.45) is 0 Å². The van der Waals surface area contributed by atoms with E-state index in [9.17, 15) is 10.1 Å². The first kappa shape index (κ1) is 18.8. The molecule has 5 rings (SSSR count). The van der Waals surface area contributed by atoms with Crippen LogP contribution in [0.1, 0.15) is 44.1 Å². The summed E-state index contributed by atoms with van der Waals surface area (Å²) in [6.45, 7) is 3.74. The van der Waals surface area contributed by atoms with Gasteiger partial charge in [-0.3, -0.25) is 9.20 Å². The standard InChI is InChI=1S/C20H17ClN6O3/c1-10(2)27-15-11(8-22)12(21)4-5-13(15)26-9-23-14(16(26)18(27)28)17-24-19(25-30-17)20(29-3)6-7-20/h4-5,9-10H,6-7H2,1-3H3. The highest BCUT2D eigenvalue weighted by molar-refractivity contribution is 6.32. The van der Waals surface area contributed by atoms with E-state index in [1.165, 1.54) is 6.33 Å². The van der Waals surface area contributed by atoms with E-state index in [-0.39, 0.29) is 33.8 Å². The average molecular weight is 425 g/mol. The second kappa shape index (κ2) is 6.39. The van der Waals surface area contributed by atoms with Crippen molar-refractivity contribution in [1.82, 2.24) is 24.1 Å². The van der Waals surface area contributed by atoms with Gasteiger partial charge in [-0.2, -0.15) is 10.2 Å². The van der Waals surface area contributed by atoms with E-state index in [0.29, 0.717) is 22.4 Å². The molecule has 0 bridgehead atoms. The van der Waals surface area contributed by atoms with Gasteiger partial charge < -0.3 is 13.8 Å². The van der Waals surface area contributed by atoms with Crippen molar-refractivity contribution in [2.45, 2.75) is 38.3 Å². The van der Waals surface area contributed by atoms with Crippen LogP contribution in [-0.4, -0.2) is 31.2 Å². The third-order valence-electron chi connectivity index (χ3n) is 5.55. The van der Waals surface area contributed by atoms with E-state index >= 15 is 0 Å². The van der Waals surface area contributed by atoms with Crippen molar-refractivity contribution in [3.8, 4) is 17.7 Å². The van der Waals surface area contributed by atoms with Gasteiger partial charge >= 0.3 is 0 Å². The largest absolute Gasteiger partial charge is 0.370 e. The lowest BCUT2D eigenvalue weighted by atomic mass is 10.1. The summed E-state index contributed by atoms with van der Waals surface area (Å²) in [6.07, 6.45) is 3.14. The van der Waals surface area contributed by atoms with Crippen molar-refractivity contribution in [3.63, 3.8) is 0 Å². The van der Waals surface area contributed by atoms with Crippen LogP contribution < -0.4 is 5.56 Å². The van der Waals surface area contributed by atoms with Gasteiger partial charge in [0.1, 0.15) is 23.5 Å². The molecule has 1 aromatic carbocycles. The van der Waals surface area contributed by atoms with Gasteiger partial charge in [0.05, 0.1) is 21.6 Å². The number of hydrogen-bond acceptors (Lipinski definition) is 7. The van der Waals surface area contributed by atoms with E-state index < -0.39 is 5.60 Å². The summed E-state index contributed by atoms with van der Waals surface area (Å²) < 4.78 is 14.1. The Kier molecular flexibility index (Phi) is 4.00. The quantitative estimate of drug-likeness (QED) is 0.493. The highest BCUT2D eigenvalue weighted by atomic mass is 35.5. The summed E-state index contributed by atoms with van der Waals surface area (Å²) in [5, 5.41) is 14.0. The maximum atomic E-state index is 13.5. The molecule has 1 fully saturated rings. The zero-order valence-corrected chi connectivity index (χ0v) is 17.3. The first-order valence-corrected chi connectivity index (χ1v) is 9.83. The molecule has 4 aromatic rings. The molecule has 9 nitrogen and oxygen atoms in total. The van der Waals surface area contributed by atoms with Crippen molar-refractivity contribution >= 4 is 28.2 Å². The topological polar surface area (TPSA) is 111 Å². The lowest BCUT2D eigenvalue weighted by Gasteiger charge is -2.17. The molecule has 1 saturated carbocycles. The molecule has 1 aliphatic rings. The summed E-state index contributed by atoms with van der Waals surface area (Å²) in [6, 6.07) is 5.29. The number of imidazole rings is 1. The number of methoxy groups -OCH3 is 1. The second-order valence-corrected chi connectivity index (χ2v) is 8.01. The smallest absolute Gasteiger partial charge is 0.279 e. The van der Waals surface area contributed by atoms with Gasteiger partial charge in [-0.15, -0.1) is 0 Å². The number of benzene rings is 1. The minimum atomic E-state index is -0.513. The average Bonchev–Trinajstić information content (AvgIpc) is 3.15. The van der Waals surface area contributed by atoms with Crippen LogP contribution in [0.5, 0.6) is 0 Å². The van der Waals surface area contributed by atoms with Crippen molar-refractivity contribution in [1.29, 1.82) is 5.26 Å². The Labute approximate surface area is 175 Å². The molecular formula is C20H17ClN6O3. The van der Waals surface area contributed by atoms with Crippen LogP contribution in [0.4, 0.5) is 0 Å². The molecule has 0 aliphatic heterocycles. The molecular weight excluding hydrogens is 408 g/mol. The number of hydrogen-bond donors (Lipinski definition) is 0. The fourth-order valence-electron chi connectivity index (χ4n) is 3.84. The summed E-state index contributed by atoms with van der Waals surface area (Å²) in [7, 11) is 1.61. The van der Waals surface area contributed by atoms with Gasteiger partial charge in [-0.05, 0) is 38.8 Å². The van der Waals surface area contributed by atoms with E-state index in [4.69, 9.17) is 20.9 Å². The summed E-state index contributed by atoms with van der Waals surface area (Å²) in [5.41, 5.74) is 1.08. The Balaban J connectivity index is 1.84. The number of rotatable bonds is 4. The SMILES string of the molecule is COC1(c2noc(-c3ncn4c3c(=O)n(C(C)C)c3c(C#N)c(Cl)ccc34)n2)CC1. The van der Waals surface area contributed by atoms with Gasteiger partial charge in [-0.1, -0.05) is 16.8 Å². The fourth-order valence-corrected chi connectivity index (χ4v) is 4.03. The molecule has 3 heterocycles. The van der Waals surface area contributed by atoms with Crippen molar-refractivity contribution in [2.75, 3.05) is 7.11 Å². The molecule has 0 saturated heterocycles. The first-order valence-electron chi connectivity index (χ1n) is 9.45. The highest BCUT2D eigenvalue weighted by Gasteiger charge is 2.49. The number of nitrogens with zero attached hydrogens (tertiary/aromatic N) is 6. The normalized spacial score (nSPS) is 15.2. The van der Waals surface area contributed by atoms with Gasteiger partial charge in [0.15, 0.2) is 5.69 Å². The Morgan fingerprint density at radius 3 is 2.73 bits per heavy atom. The molecule has 0 N–H and O–H groups in total. The monoisotopic (exact) mass is 424 g/mol. The molecule has 1 aliphatic carbocycles. The van der Waals surface area contributed by atoms with Gasteiger partial charge in [-0.25, -0.2) is 4.98 Å². The minimum absolute atomic E-state index is 0.150. The minimum Gasteiger partial charge on any atom is -0.370 e. The van der Waals surface area contributed by atoms with E-state index in [1.807, 2.05) is 13.8 Å². The Hall–Kier alpha value is -3.22. The highest BCUT2D eigenvalue weighted by Crippen LogP contribution is 2.47. The second-order valence-electron chi connectivity index (χ2n) is 7.60. The zero-order chi connectivity index (χ0) is 21.2. The lowest BCUT2D eigenvalue weighted by molar-refractivity contribution is 0.0689. The summed E-state index contributed by atoms with van der Waals surface area (Å²) >= 11 is 6.24. The molecule has 0 amide bonds. The maximum absolute atomic E-state index is 13.5. The van der Waals surface area contributed by atoms with Crippen LogP contribution in [0.25, 0.3) is 28.1 Å². The number of ether oxygens (including phenoxy) is 1. The van der Waals surface area contributed by atoms with E-state index in [0.717, 1.165) is 12.8 Å². The van der Waals surface area contributed by atoms with E-state index in [2.05, 4.69) is 21.2 Å². The van der Waals surface area contributed by atoms with Crippen LogP contribution in [0.2, 0.25) is 5.02 Å². The molecule has 0 radical (unpaired) electrons. The van der Waals surface area contributed by atoms with Crippen molar-refractivity contribution < 1.29 is 9.26 Å². The number of nitriles is 1. The molecule has 30 heavy (non-hydrogen) atoms. The third-order valence-corrected chi connectivity index (χ3v) is 5.87. The summed E-state index contributed by atoms with van der Waals surface area (Å²) in [4.78, 5) is 22.4. The fraction of sp³-hybridized carbons (Fsp3) is 0.350. The van der Waals surface area contributed by atoms with Crippen LogP contribution >= 0.6 is 11.6 Å². The number of aromatic nitrogens is 5. The molecule has 0 atom stereocenters. The van der Waals surface area contributed by atoms with Crippen molar-refractivity contribution in [3.05, 3.63) is 45.2 Å². The van der Waals surface area contributed by atoms with Gasteiger partial charge in [0, 0.05) is 13.2 Å². The molecule has 10 heteroatoms. The van der Waals surface area contributed by atoms with E-state index in [1.54, 1.807) is 28.2 Å². The van der Waals surface area contributed by atoms with Gasteiger partial charge in [0.25, 0.3) is 11.4 Å². The van der Waals surface area contributed by atoms with Crippen LogP contribution in [0.15, 0.2) is 27.8 Å². The molecule has 3 aromatic heterocycles. The predicted molar refractivity (Wildman–Crippen MR) is 108 cm³/mol. The third kappa shape index (κ3) is 2.44. The van der Waals surface area contributed by atoms with Gasteiger partial charge in [0.2, 0.25) is 5.82 Å². The molecule has 152 valence electrons. The predicted octanol–water partition coefficient (Wildman–Crippen LogP) is 3.44. The number of halogens is 1. The molecule has 0 unspecified atom stereocenters. The lowest BCUT2D eigenvalue weighted by Crippen LogP contribution is -2.25. The van der Waals surface area contributed by atoms with Crippen LogP contribution in [0.3, 0.4) is 0 Å². The molecule has 0 spiro atoms. The number of fused-ring (bicyclic) bond motifs is 3. The summed E-state index contributed by atoms with van der Waals surface area (Å²) in [5.74, 6) is 0.599. The zero-order valence-electron chi connectivity index (χ0n) is 16.5. The Morgan fingerprint density at radius 2 is 2.10 bits per heavy atom. The Morgan fingerprint density at radius 1 is 1.33 bits per heavy atom. The maximum Gasteiger partial charge on any atom is 0.279 e. The van der Waals surface area contributed by atoms with Crippen LogP contribution in [0, 0.1) is 11.3 Å². The van der Waals surface area contributed by atoms with Crippen LogP contribution in [-0.2, 0) is 10.3 Å². The Bertz CT molecular complexity index is 1420.